The van der Waals surface area contributed by atoms with Crippen LogP contribution >= 0.6 is 0 Å². The average molecular weight is 282 g/mol. The fraction of sp³-hybridized carbons (Fsp3) is 0.462. The van der Waals surface area contributed by atoms with Gasteiger partial charge in [-0.1, -0.05) is 6.07 Å². The predicted molar refractivity (Wildman–Crippen MR) is 68.2 cm³/mol. The average Bonchev–Trinajstić information content (AvgIpc) is 3.21. The molecule has 0 heterocycles. The van der Waals surface area contributed by atoms with Gasteiger partial charge in [0.2, 0.25) is 10.0 Å². The smallest absolute Gasteiger partial charge is 0.207 e. The Kier molecular flexibility index (Phi) is 3.61. The Bertz CT molecular complexity index is 633. The quantitative estimate of drug-likeness (QED) is 0.849. The molecule has 1 aromatic carbocycles. The van der Waals surface area contributed by atoms with E-state index in [9.17, 15) is 12.8 Å². The minimum atomic E-state index is -3.90. The highest BCUT2D eigenvalue weighted by atomic mass is 32.2. The van der Waals surface area contributed by atoms with Crippen molar-refractivity contribution in [3.8, 4) is 6.07 Å². The van der Waals surface area contributed by atoms with E-state index in [1.165, 1.54) is 29.6 Å². The normalized spacial score (nSPS) is 17.2. The monoisotopic (exact) mass is 282 g/mol. The number of sulfonamides is 1. The molecule has 4 nitrogen and oxygen atoms in total. The first kappa shape index (κ1) is 14.0. The molecule has 19 heavy (non-hydrogen) atoms. The minimum absolute atomic E-state index is 0.157. The van der Waals surface area contributed by atoms with Crippen molar-refractivity contribution in [1.82, 2.24) is 4.31 Å². The molecule has 0 aliphatic heterocycles. The molecule has 1 atom stereocenters. The molecule has 0 aromatic heterocycles. The van der Waals surface area contributed by atoms with Gasteiger partial charge >= 0.3 is 0 Å². The standard InChI is InChI=1S/C13H15FN2O2S/c1-9(10-6-7-10)16(2)19(17,18)12-5-3-4-11(8-15)13(12)14/h3-5,9-10H,6-7H2,1-2H3. The Morgan fingerprint density at radius 3 is 2.63 bits per heavy atom. The maximum Gasteiger partial charge on any atom is 0.246 e. The van der Waals surface area contributed by atoms with E-state index in [2.05, 4.69) is 0 Å². The van der Waals surface area contributed by atoms with Crippen molar-refractivity contribution in [1.29, 1.82) is 5.26 Å². The molecule has 0 radical (unpaired) electrons. The lowest BCUT2D eigenvalue weighted by molar-refractivity contribution is 0.355. The van der Waals surface area contributed by atoms with E-state index < -0.39 is 20.7 Å². The molecule has 1 fully saturated rings. The molecule has 6 heteroatoms. The van der Waals surface area contributed by atoms with Crippen molar-refractivity contribution in [2.75, 3.05) is 7.05 Å². The van der Waals surface area contributed by atoms with Crippen LogP contribution in [0.15, 0.2) is 23.1 Å². The fourth-order valence-corrected chi connectivity index (χ4v) is 3.55. The van der Waals surface area contributed by atoms with E-state index in [1.54, 1.807) is 6.07 Å². The molecule has 1 unspecified atom stereocenters. The maximum absolute atomic E-state index is 14.0. The largest absolute Gasteiger partial charge is 0.246 e. The Hall–Kier alpha value is -1.45. The highest BCUT2D eigenvalue weighted by Gasteiger charge is 2.37. The van der Waals surface area contributed by atoms with Crippen molar-refractivity contribution in [2.24, 2.45) is 5.92 Å². The highest BCUT2D eigenvalue weighted by molar-refractivity contribution is 7.89. The molecule has 0 saturated heterocycles. The number of benzene rings is 1. The topological polar surface area (TPSA) is 61.2 Å². The van der Waals surface area contributed by atoms with Gasteiger partial charge in [-0.05, 0) is 37.8 Å². The summed E-state index contributed by atoms with van der Waals surface area (Å²) in [5.41, 5.74) is -0.256. The van der Waals surface area contributed by atoms with E-state index in [1.807, 2.05) is 6.92 Å². The zero-order valence-electron chi connectivity index (χ0n) is 10.8. The fourth-order valence-electron chi connectivity index (χ4n) is 2.05. The van der Waals surface area contributed by atoms with Gasteiger partial charge in [0, 0.05) is 13.1 Å². The summed E-state index contributed by atoms with van der Waals surface area (Å²) in [6.07, 6.45) is 2.00. The second-order valence-corrected chi connectivity index (χ2v) is 6.79. The summed E-state index contributed by atoms with van der Waals surface area (Å²) in [6.45, 7) is 1.82. The summed E-state index contributed by atoms with van der Waals surface area (Å²) in [5.74, 6) is -0.623. The van der Waals surface area contributed by atoms with Crippen molar-refractivity contribution in [3.63, 3.8) is 0 Å². The van der Waals surface area contributed by atoms with Gasteiger partial charge in [-0.2, -0.15) is 9.57 Å². The van der Waals surface area contributed by atoms with Crippen molar-refractivity contribution in [3.05, 3.63) is 29.6 Å². The first-order valence-electron chi connectivity index (χ1n) is 6.06. The van der Waals surface area contributed by atoms with Crippen LogP contribution in [0.1, 0.15) is 25.3 Å². The molecule has 0 N–H and O–H groups in total. The van der Waals surface area contributed by atoms with Gasteiger partial charge in [0.1, 0.15) is 11.0 Å². The van der Waals surface area contributed by atoms with Crippen LogP contribution in [0.25, 0.3) is 0 Å². The molecule has 2 rings (SSSR count). The molecule has 102 valence electrons. The lowest BCUT2D eigenvalue weighted by Gasteiger charge is -2.24. The molecular weight excluding hydrogens is 267 g/mol. The summed E-state index contributed by atoms with van der Waals surface area (Å²) < 4.78 is 39.9. The highest BCUT2D eigenvalue weighted by Crippen LogP contribution is 2.36. The van der Waals surface area contributed by atoms with Gasteiger partial charge < -0.3 is 0 Å². The number of hydrogen-bond acceptors (Lipinski definition) is 3. The lowest BCUT2D eigenvalue weighted by Crippen LogP contribution is -2.36. The third-order valence-electron chi connectivity index (χ3n) is 3.62. The van der Waals surface area contributed by atoms with Crippen LogP contribution in [-0.4, -0.2) is 25.8 Å². The molecule has 0 spiro atoms. The van der Waals surface area contributed by atoms with Crippen LogP contribution in [0.5, 0.6) is 0 Å². The summed E-state index contributed by atoms with van der Waals surface area (Å²) in [6, 6.07) is 5.33. The molecule has 1 aliphatic carbocycles. The van der Waals surface area contributed by atoms with Crippen LogP contribution in [0.3, 0.4) is 0 Å². The van der Waals surface area contributed by atoms with Crippen molar-refractivity contribution in [2.45, 2.75) is 30.7 Å². The van der Waals surface area contributed by atoms with E-state index in [4.69, 9.17) is 5.26 Å². The van der Waals surface area contributed by atoms with Gasteiger partial charge in [-0.3, -0.25) is 0 Å². The Labute approximate surface area is 112 Å². The molecule has 1 aliphatic rings. The van der Waals surface area contributed by atoms with Gasteiger partial charge in [-0.15, -0.1) is 0 Å². The minimum Gasteiger partial charge on any atom is -0.207 e. The number of nitrogens with zero attached hydrogens (tertiary/aromatic N) is 2. The zero-order valence-corrected chi connectivity index (χ0v) is 11.6. The molecule has 0 bridgehead atoms. The number of nitriles is 1. The lowest BCUT2D eigenvalue weighted by atomic mass is 10.2. The Morgan fingerprint density at radius 2 is 2.11 bits per heavy atom. The van der Waals surface area contributed by atoms with Gasteiger partial charge in [0.05, 0.1) is 5.56 Å². The molecular formula is C13H15FN2O2S. The first-order chi connectivity index (χ1) is 8.89. The maximum atomic E-state index is 14.0. The predicted octanol–water partition coefficient (Wildman–Crippen LogP) is 2.12. The van der Waals surface area contributed by atoms with Gasteiger partial charge in [0.15, 0.2) is 5.82 Å². The van der Waals surface area contributed by atoms with Crippen LogP contribution in [-0.2, 0) is 10.0 Å². The van der Waals surface area contributed by atoms with E-state index in [0.29, 0.717) is 5.92 Å². The van der Waals surface area contributed by atoms with Crippen LogP contribution in [0.4, 0.5) is 4.39 Å². The van der Waals surface area contributed by atoms with Crippen LogP contribution in [0, 0.1) is 23.1 Å². The SMILES string of the molecule is CC(C1CC1)N(C)S(=O)(=O)c1cccc(C#N)c1F. The third kappa shape index (κ3) is 2.48. The van der Waals surface area contributed by atoms with E-state index >= 15 is 0 Å². The third-order valence-corrected chi connectivity index (χ3v) is 5.58. The molecule has 0 amide bonds. The summed E-state index contributed by atoms with van der Waals surface area (Å²) >= 11 is 0. The Morgan fingerprint density at radius 1 is 1.47 bits per heavy atom. The van der Waals surface area contributed by atoms with Crippen molar-refractivity contribution >= 4 is 10.0 Å². The number of hydrogen-bond donors (Lipinski definition) is 0. The summed E-state index contributed by atoms with van der Waals surface area (Å²) in [4.78, 5) is -0.429. The number of rotatable bonds is 4. The van der Waals surface area contributed by atoms with Crippen molar-refractivity contribution < 1.29 is 12.8 Å². The summed E-state index contributed by atoms with van der Waals surface area (Å²) in [7, 11) is -2.44. The van der Waals surface area contributed by atoms with Crippen LogP contribution in [0.2, 0.25) is 0 Å². The molecule has 1 aromatic rings. The Balaban J connectivity index is 2.42. The zero-order chi connectivity index (χ0) is 14.2. The second kappa shape index (κ2) is 4.91. The summed E-state index contributed by atoms with van der Waals surface area (Å²) in [5, 5.41) is 8.76. The van der Waals surface area contributed by atoms with E-state index in [-0.39, 0.29) is 11.6 Å². The second-order valence-electron chi connectivity index (χ2n) is 4.83. The van der Waals surface area contributed by atoms with Gasteiger partial charge in [0.25, 0.3) is 0 Å². The number of halogens is 1. The first-order valence-corrected chi connectivity index (χ1v) is 7.50. The van der Waals surface area contributed by atoms with E-state index in [0.717, 1.165) is 12.8 Å². The molecule has 1 saturated carbocycles. The van der Waals surface area contributed by atoms with Gasteiger partial charge in [-0.25, -0.2) is 12.8 Å². The van der Waals surface area contributed by atoms with Crippen LogP contribution < -0.4 is 0 Å².